The number of piperidine rings is 1. The summed E-state index contributed by atoms with van der Waals surface area (Å²) in [6.07, 6.45) is -1.76. The van der Waals surface area contributed by atoms with Crippen LogP contribution in [0.15, 0.2) is 89.1 Å². The van der Waals surface area contributed by atoms with E-state index in [1.54, 1.807) is 28.6 Å². The number of thiazole rings is 1. The van der Waals surface area contributed by atoms with Crippen LogP contribution in [-0.2, 0) is 22.6 Å². The van der Waals surface area contributed by atoms with E-state index in [2.05, 4.69) is 17.1 Å². The first-order valence-corrected chi connectivity index (χ1v) is 14.3. The highest BCUT2D eigenvalue weighted by atomic mass is 32.2. The number of rotatable bonds is 6. The lowest BCUT2D eigenvalue weighted by Crippen LogP contribution is -2.38. The molecule has 0 unspecified atom stereocenters. The molecule has 37 heavy (non-hydrogen) atoms. The molecule has 9 heteroatoms. The number of nitrogens with zero attached hydrogens (tertiary/aromatic N) is 2. The van der Waals surface area contributed by atoms with Gasteiger partial charge >= 0.3 is 6.18 Å². The second-order valence-electron chi connectivity index (χ2n) is 9.17. The topological polar surface area (TPSA) is 50.3 Å². The zero-order valence-corrected chi connectivity index (χ0v) is 21.5. The average Bonchev–Trinajstić information content (AvgIpc) is 3.40. The molecule has 0 radical (unpaired) electrons. The molecule has 1 aliphatic rings. The number of alkyl halides is 3. The van der Waals surface area contributed by atoms with Crippen molar-refractivity contribution in [3.05, 3.63) is 95.4 Å². The van der Waals surface area contributed by atoms with Gasteiger partial charge in [-0.2, -0.15) is 17.5 Å². The van der Waals surface area contributed by atoms with Crippen molar-refractivity contribution in [2.75, 3.05) is 13.1 Å². The lowest BCUT2D eigenvalue weighted by Gasteiger charge is -2.31. The Morgan fingerprint density at radius 1 is 0.865 bits per heavy atom. The summed E-state index contributed by atoms with van der Waals surface area (Å²) in [6, 6.07) is 21.8. The molecule has 0 saturated carbocycles. The van der Waals surface area contributed by atoms with Gasteiger partial charge in [-0.05, 0) is 55.0 Å². The van der Waals surface area contributed by atoms with Gasteiger partial charge in [-0.1, -0.05) is 54.6 Å². The van der Waals surface area contributed by atoms with E-state index < -0.39 is 21.8 Å². The third-order valence-corrected chi connectivity index (χ3v) is 9.50. The summed E-state index contributed by atoms with van der Waals surface area (Å²) < 4.78 is 66.5. The van der Waals surface area contributed by atoms with E-state index in [1.807, 2.05) is 23.6 Å². The smallest absolute Gasteiger partial charge is 0.236 e. The summed E-state index contributed by atoms with van der Waals surface area (Å²) in [6.45, 7) is 1.01. The fourth-order valence-electron chi connectivity index (χ4n) is 4.59. The van der Waals surface area contributed by atoms with Crippen molar-refractivity contribution in [3.63, 3.8) is 0 Å². The molecule has 5 rings (SSSR count). The van der Waals surface area contributed by atoms with Gasteiger partial charge in [-0.25, -0.2) is 13.4 Å². The minimum atomic E-state index is -4.38. The number of hydrogen-bond donors (Lipinski definition) is 0. The van der Waals surface area contributed by atoms with Crippen molar-refractivity contribution < 1.29 is 21.6 Å². The number of hydrogen-bond acceptors (Lipinski definition) is 4. The molecule has 0 spiro atoms. The molecule has 0 amide bonds. The van der Waals surface area contributed by atoms with Crippen molar-refractivity contribution in [2.45, 2.75) is 30.3 Å². The van der Waals surface area contributed by atoms with Crippen LogP contribution in [0.2, 0.25) is 0 Å². The highest BCUT2D eigenvalue weighted by Crippen LogP contribution is 2.34. The average molecular weight is 543 g/mol. The molecule has 0 bridgehead atoms. The summed E-state index contributed by atoms with van der Waals surface area (Å²) in [5.41, 5.74) is 2.56. The first-order valence-electron chi connectivity index (χ1n) is 12.0. The Balaban J connectivity index is 1.24. The molecular weight excluding hydrogens is 517 g/mol. The number of benzene rings is 3. The molecular formula is C28H25F3N2O2S2. The van der Waals surface area contributed by atoms with E-state index >= 15 is 0 Å². The van der Waals surface area contributed by atoms with E-state index in [9.17, 15) is 21.6 Å². The maximum Gasteiger partial charge on any atom is 0.416 e. The van der Waals surface area contributed by atoms with E-state index in [-0.39, 0.29) is 4.90 Å². The molecule has 3 aromatic carbocycles. The Labute approximate surface area is 218 Å². The molecule has 1 aliphatic heterocycles. The Kier molecular flexibility index (Phi) is 7.20. The van der Waals surface area contributed by atoms with E-state index in [1.165, 1.54) is 29.0 Å². The normalized spacial score (nSPS) is 15.6. The SMILES string of the molecule is O=S(=O)(c1ccc(-c2csc(-c3ccc(C(F)(F)F)cc3)n2)cc1)N1CCC(Cc2ccccc2)CC1. The van der Waals surface area contributed by atoms with Crippen LogP contribution >= 0.6 is 11.3 Å². The molecule has 0 N–H and O–H groups in total. The Bertz CT molecular complexity index is 1440. The Morgan fingerprint density at radius 2 is 1.49 bits per heavy atom. The number of aromatic nitrogens is 1. The summed E-state index contributed by atoms with van der Waals surface area (Å²) in [4.78, 5) is 4.79. The van der Waals surface area contributed by atoms with Gasteiger partial charge < -0.3 is 0 Å². The lowest BCUT2D eigenvalue weighted by molar-refractivity contribution is -0.137. The zero-order chi connectivity index (χ0) is 26.0. The predicted octanol–water partition coefficient (Wildman–Crippen LogP) is 7.14. The monoisotopic (exact) mass is 542 g/mol. The quantitative estimate of drug-likeness (QED) is 0.260. The van der Waals surface area contributed by atoms with E-state index in [0.29, 0.717) is 35.3 Å². The number of sulfonamides is 1. The third-order valence-electron chi connectivity index (χ3n) is 6.69. The van der Waals surface area contributed by atoms with Crippen LogP contribution < -0.4 is 0 Å². The van der Waals surface area contributed by atoms with Gasteiger partial charge in [0.25, 0.3) is 0 Å². The van der Waals surface area contributed by atoms with Gasteiger partial charge in [0.05, 0.1) is 16.2 Å². The van der Waals surface area contributed by atoms with Gasteiger partial charge in [0, 0.05) is 29.6 Å². The zero-order valence-electron chi connectivity index (χ0n) is 19.9. The van der Waals surface area contributed by atoms with Crippen molar-refractivity contribution in [1.29, 1.82) is 0 Å². The van der Waals surface area contributed by atoms with Gasteiger partial charge in [0.2, 0.25) is 10.0 Å². The summed E-state index contributed by atoms with van der Waals surface area (Å²) >= 11 is 1.33. The first-order chi connectivity index (χ1) is 17.7. The van der Waals surface area contributed by atoms with Crippen LogP contribution in [0.25, 0.3) is 21.8 Å². The molecule has 1 aromatic heterocycles. The van der Waals surface area contributed by atoms with Crippen molar-refractivity contribution in [1.82, 2.24) is 9.29 Å². The van der Waals surface area contributed by atoms with Crippen LogP contribution in [-0.4, -0.2) is 30.8 Å². The summed E-state index contributed by atoms with van der Waals surface area (Å²) in [5.74, 6) is 0.472. The fraction of sp³-hybridized carbons (Fsp3) is 0.250. The summed E-state index contributed by atoms with van der Waals surface area (Å²) in [7, 11) is -3.59. The standard InChI is InChI=1S/C28H25F3N2O2S2/c29-28(30,31)24-10-6-23(7-11-24)27-32-26(19-36-27)22-8-12-25(13-9-22)37(34,35)33-16-14-21(15-17-33)18-20-4-2-1-3-5-20/h1-13,19,21H,14-18H2. The molecule has 1 saturated heterocycles. The van der Waals surface area contributed by atoms with Crippen LogP contribution in [0.3, 0.4) is 0 Å². The molecule has 4 aromatic rings. The van der Waals surface area contributed by atoms with Crippen molar-refractivity contribution in [2.24, 2.45) is 5.92 Å². The van der Waals surface area contributed by atoms with Crippen molar-refractivity contribution in [3.8, 4) is 21.8 Å². The number of halogens is 3. The second-order valence-corrected chi connectivity index (χ2v) is 12.0. The summed E-state index contributed by atoms with van der Waals surface area (Å²) in [5, 5.41) is 2.41. The molecule has 192 valence electrons. The lowest BCUT2D eigenvalue weighted by atomic mass is 9.91. The molecule has 4 nitrogen and oxygen atoms in total. The maximum atomic E-state index is 13.2. The minimum Gasteiger partial charge on any atom is -0.236 e. The predicted molar refractivity (Wildman–Crippen MR) is 140 cm³/mol. The molecule has 0 aliphatic carbocycles. The van der Waals surface area contributed by atoms with E-state index in [0.717, 1.165) is 37.0 Å². The van der Waals surface area contributed by atoms with Gasteiger partial charge in [0.15, 0.2) is 0 Å². The minimum absolute atomic E-state index is 0.246. The first kappa shape index (κ1) is 25.6. The third kappa shape index (κ3) is 5.79. The highest BCUT2D eigenvalue weighted by molar-refractivity contribution is 7.89. The van der Waals surface area contributed by atoms with Crippen LogP contribution in [0.1, 0.15) is 24.0 Å². The van der Waals surface area contributed by atoms with E-state index in [4.69, 9.17) is 0 Å². The second kappa shape index (κ2) is 10.4. The maximum absolute atomic E-state index is 13.2. The van der Waals surface area contributed by atoms with Crippen LogP contribution in [0.4, 0.5) is 13.2 Å². The largest absolute Gasteiger partial charge is 0.416 e. The Morgan fingerprint density at radius 3 is 2.11 bits per heavy atom. The van der Waals surface area contributed by atoms with Crippen LogP contribution in [0.5, 0.6) is 0 Å². The van der Waals surface area contributed by atoms with Gasteiger partial charge in [-0.15, -0.1) is 11.3 Å². The fourth-order valence-corrected chi connectivity index (χ4v) is 6.89. The molecule has 0 atom stereocenters. The van der Waals surface area contributed by atoms with Gasteiger partial charge in [-0.3, -0.25) is 0 Å². The Hall–Kier alpha value is -3.01. The van der Waals surface area contributed by atoms with Crippen LogP contribution in [0, 0.1) is 5.92 Å². The van der Waals surface area contributed by atoms with Crippen molar-refractivity contribution >= 4 is 21.4 Å². The highest BCUT2D eigenvalue weighted by Gasteiger charge is 2.31. The molecule has 1 fully saturated rings. The molecule has 2 heterocycles. The van der Waals surface area contributed by atoms with Gasteiger partial charge in [0.1, 0.15) is 5.01 Å².